The van der Waals surface area contributed by atoms with Crippen LogP contribution in [0.15, 0.2) is 59.5 Å². The van der Waals surface area contributed by atoms with E-state index in [0.29, 0.717) is 5.56 Å². The average molecular weight is 424 g/mol. The molecule has 0 saturated heterocycles. The summed E-state index contributed by atoms with van der Waals surface area (Å²) in [5, 5.41) is 14.6. The van der Waals surface area contributed by atoms with Crippen molar-refractivity contribution < 1.29 is 31.4 Å². The van der Waals surface area contributed by atoms with E-state index in [1.165, 1.54) is 61.7 Å². The van der Waals surface area contributed by atoms with Crippen LogP contribution in [0.1, 0.15) is 5.69 Å². The van der Waals surface area contributed by atoms with E-state index >= 15 is 0 Å². The molecule has 0 bridgehead atoms. The van der Waals surface area contributed by atoms with Crippen LogP contribution in [0.25, 0.3) is 22.3 Å². The fourth-order valence-corrected chi connectivity index (χ4v) is 3.32. The van der Waals surface area contributed by atoms with Crippen molar-refractivity contribution in [2.45, 2.75) is 11.1 Å². The summed E-state index contributed by atoms with van der Waals surface area (Å²) in [4.78, 5) is 3.40. The van der Waals surface area contributed by atoms with Crippen LogP contribution in [0.5, 0.6) is 11.6 Å². The van der Waals surface area contributed by atoms with Crippen LogP contribution in [-0.2, 0) is 16.2 Å². The van der Waals surface area contributed by atoms with Crippen LogP contribution < -0.4 is 9.88 Å². The zero-order chi connectivity index (χ0) is 21.4. The molecular weight excluding hydrogens is 409 g/mol. The van der Waals surface area contributed by atoms with Crippen LogP contribution in [0.4, 0.5) is 13.2 Å². The molecule has 0 aliphatic carbocycles. The number of phenolic OH excluding ortho intramolecular Hbond substituents is 1. The monoisotopic (exact) mass is 424 g/mol. The number of phenols is 1. The minimum atomic E-state index is -4.79. The van der Waals surface area contributed by atoms with Crippen LogP contribution >= 0.6 is 0 Å². The molecule has 3 N–H and O–H groups in total. The molecule has 0 amide bonds. The Hall–Kier alpha value is -3.11. The Kier molecular flexibility index (Phi) is 5.24. The van der Waals surface area contributed by atoms with E-state index in [-0.39, 0.29) is 33.2 Å². The molecule has 10 heteroatoms. The van der Waals surface area contributed by atoms with Gasteiger partial charge in [-0.15, -0.1) is 0 Å². The van der Waals surface area contributed by atoms with Crippen molar-refractivity contribution in [1.29, 1.82) is 0 Å². The molecule has 2 aromatic carbocycles. The van der Waals surface area contributed by atoms with Crippen LogP contribution in [0.2, 0.25) is 0 Å². The summed E-state index contributed by atoms with van der Waals surface area (Å²) in [6.45, 7) is 0. The second kappa shape index (κ2) is 7.37. The highest BCUT2D eigenvalue weighted by Crippen LogP contribution is 2.43. The first-order valence-electron chi connectivity index (χ1n) is 8.09. The third-order valence-corrected chi connectivity index (χ3v) is 5.05. The summed E-state index contributed by atoms with van der Waals surface area (Å²) in [5.41, 5.74) is -0.826. The summed E-state index contributed by atoms with van der Waals surface area (Å²) < 4.78 is 69.2. The number of aromatic nitrogens is 1. The van der Waals surface area contributed by atoms with Gasteiger partial charge in [-0.25, -0.2) is 18.5 Å². The molecule has 6 nitrogen and oxygen atoms in total. The van der Waals surface area contributed by atoms with Crippen LogP contribution in [0.3, 0.4) is 0 Å². The highest BCUT2D eigenvalue weighted by molar-refractivity contribution is 7.89. The van der Waals surface area contributed by atoms with Gasteiger partial charge in [-0.1, -0.05) is 24.3 Å². The largest absolute Gasteiger partial charge is 0.508 e. The summed E-state index contributed by atoms with van der Waals surface area (Å²) in [5.74, 6) is -0.367. The van der Waals surface area contributed by atoms with Gasteiger partial charge in [0.15, 0.2) is 5.69 Å². The summed E-state index contributed by atoms with van der Waals surface area (Å²) in [6, 6.07) is 11.6. The Morgan fingerprint density at radius 1 is 1.00 bits per heavy atom. The normalized spacial score (nSPS) is 12.0. The molecule has 3 aromatic rings. The fourth-order valence-electron chi connectivity index (χ4n) is 2.80. The van der Waals surface area contributed by atoms with Crippen molar-refractivity contribution in [1.82, 2.24) is 4.98 Å². The molecule has 0 saturated carbocycles. The number of pyridine rings is 1. The lowest BCUT2D eigenvalue weighted by molar-refractivity contribution is -0.140. The van der Waals surface area contributed by atoms with Gasteiger partial charge in [0.05, 0.1) is 12.0 Å². The zero-order valence-corrected chi connectivity index (χ0v) is 15.8. The maximum absolute atomic E-state index is 13.8. The quantitative estimate of drug-likeness (QED) is 0.663. The maximum Gasteiger partial charge on any atom is 0.434 e. The number of ether oxygens (including phenoxy) is 1. The lowest BCUT2D eigenvalue weighted by Crippen LogP contribution is -2.13. The Morgan fingerprint density at radius 3 is 2.03 bits per heavy atom. The molecule has 1 heterocycles. The Bertz CT molecular complexity index is 1140. The number of rotatable bonds is 4. The van der Waals surface area contributed by atoms with E-state index in [1.807, 2.05) is 0 Å². The van der Waals surface area contributed by atoms with Crippen molar-refractivity contribution in [3.63, 3.8) is 0 Å². The van der Waals surface area contributed by atoms with Gasteiger partial charge in [0.25, 0.3) is 0 Å². The number of aromatic hydroxyl groups is 1. The van der Waals surface area contributed by atoms with Crippen molar-refractivity contribution in [2.24, 2.45) is 5.14 Å². The van der Waals surface area contributed by atoms with Crippen LogP contribution in [0, 0.1) is 0 Å². The first kappa shape index (κ1) is 20.6. The SMILES string of the molecule is COc1cc(-c2ccc(S(N)(=O)=O)cc2)c(-c2ccc(O)cc2)c(C(F)(F)F)n1. The molecule has 152 valence electrons. The number of alkyl halides is 3. The van der Waals surface area contributed by atoms with Gasteiger partial charge in [0, 0.05) is 11.6 Å². The second-order valence-electron chi connectivity index (χ2n) is 6.05. The van der Waals surface area contributed by atoms with E-state index in [4.69, 9.17) is 9.88 Å². The lowest BCUT2D eigenvalue weighted by atomic mass is 9.93. The zero-order valence-electron chi connectivity index (χ0n) is 14.9. The predicted molar refractivity (Wildman–Crippen MR) is 99.7 cm³/mol. The van der Waals surface area contributed by atoms with Crippen LogP contribution in [-0.4, -0.2) is 25.6 Å². The van der Waals surface area contributed by atoms with Gasteiger partial charge in [-0.3, -0.25) is 0 Å². The molecule has 29 heavy (non-hydrogen) atoms. The number of benzene rings is 2. The van der Waals surface area contributed by atoms with Gasteiger partial charge in [0.2, 0.25) is 15.9 Å². The van der Waals surface area contributed by atoms with Crippen molar-refractivity contribution in [3.05, 3.63) is 60.3 Å². The number of halogens is 3. The Morgan fingerprint density at radius 2 is 1.55 bits per heavy atom. The smallest absolute Gasteiger partial charge is 0.434 e. The van der Waals surface area contributed by atoms with Gasteiger partial charge in [-0.05, 0) is 41.0 Å². The highest BCUT2D eigenvalue weighted by Gasteiger charge is 2.38. The number of methoxy groups -OCH3 is 1. The first-order chi connectivity index (χ1) is 13.5. The Balaban J connectivity index is 2.33. The Labute approximate surface area is 164 Å². The predicted octanol–water partition coefficient (Wildman–Crippen LogP) is 3.80. The number of primary sulfonamides is 1. The lowest BCUT2D eigenvalue weighted by Gasteiger charge is -2.18. The number of hydrogen-bond acceptors (Lipinski definition) is 5. The number of nitrogens with two attached hydrogens (primary N) is 1. The maximum atomic E-state index is 13.8. The van der Waals surface area contributed by atoms with E-state index in [1.54, 1.807) is 0 Å². The summed E-state index contributed by atoms with van der Waals surface area (Å²) in [6.07, 6.45) is -4.79. The molecule has 0 radical (unpaired) electrons. The number of hydrogen-bond donors (Lipinski definition) is 2. The van der Waals surface area contributed by atoms with E-state index in [0.717, 1.165) is 0 Å². The minimum absolute atomic E-state index is 0.108. The molecule has 0 aliphatic heterocycles. The van der Waals surface area contributed by atoms with Gasteiger partial charge in [-0.2, -0.15) is 13.2 Å². The van der Waals surface area contributed by atoms with E-state index in [2.05, 4.69) is 4.98 Å². The molecule has 0 fully saturated rings. The fraction of sp³-hybridized carbons (Fsp3) is 0.105. The standard InChI is InChI=1S/C19H15F3N2O4S/c1-28-16-10-15(11-4-8-14(9-5-11)29(23,26)27)17(18(24-16)19(20,21)22)12-2-6-13(25)7-3-12/h2-10,25H,1H3,(H2,23,26,27). The van der Waals surface area contributed by atoms with Crippen molar-refractivity contribution >= 4 is 10.0 Å². The third kappa shape index (κ3) is 4.33. The van der Waals surface area contributed by atoms with Gasteiger partial charge < -0.3 is 9.84 Å². The summed E-state index contributed by atoms with van der Waals surface area (Å²) >= 11 is 0. The molecule has 0 spiro atoms. The third-order valence-electron chi connectivity index (χ3n) is 4.12. The topological polar surface area (TPSA) is 103 Å². The molecule has 0 atom stereocenters. The van der Waals surface area contributed by atoms with E-state index < -0.39 is 21.9 Å². The summed E-state index contributed by atoms with van der Waals surface area (Å²) in [7, 11) is -2.77. The number of nitrogens with zero attached hydrogens (tertiary/aromatic N) is 1. The number of sulfonamides is 1. The van der Waals surface area contributed by atoms with E-state index in [9.17, 15) is 26.7 Å². The second-order valence-corrected chi connectivity index (χ2v) is 7.61. The molecule has 3 rings (SSSR count). The van der Waals surface area contributed by atoms with Gasteiger partial charge in [0.1, 0.15) is 5.75 Å². The molecular formula is C19H15F3N2O4S. The molecule has 1 aromatic heterocycles. The van der Waals surface area contributed by atoms with Crippen molar-refractivity contribution in [3.8, 4) is 33.9 Å². The first-order valence-corrected chi connectivity index (χ1v) is 9.64. The minimum Gasteiger partial charge on any atom is -0.508 e. The highest BCUT2D eigenvalue weighted by atomic mass is 32.2. The van der Waals surface area contributed by atoms with Gasteiger partial charge >= 0.3 is 6.18 Å². The molecule has 0 unspecified atom stereocenters. The van der Waals surface area contributed by atoms with Crippen molar-refractivity contribution in [2.75, 3.05) is 7.11 Å². The average Bonchev–Trinajstić information content (AvgIpc) is 2.66. The molecule has 0 aliphatic rings.